The zero-order valence-corrected chi connectivity index (χ0v) is 16.0. The van der Waals surface area contributed by atoms with Gasteiger partial charge in [-0.15, -0.1) is 11.3 Å². The third-order valence-electron chi connectivity index (χ3n) is 4.34. The molecule has 0 spiro atoms. The molecule has 0 atom stereocenters. The molecule has 0 unspecified atom stereocenters. The Morgan fingerprint density at radius 2 is 2.08 bits per heavy atom. The molecule has 3 N–H and O–H groups in total. The van der Waals surface area contributed by atoms with Crippen LogP contribution in [0.4, 0.5) is 0 Å². The van der Waals surface area contributed by atoms with E-state index in [1.54, 1.807) is 18.4 Å². The van der Waals surface area contributed by atoms with Crippen LogP contribution in [0.25, 0.3) is 10.9 Å². The lowest BCUT2D eigenvalue weighted by molar-refractivity contribution is 0.798. The number of hydrogen-bond donors (Lipinski definition) is 3. The first-order valence-corrected chi connectivity index (χ1v) is 9.33. The van der Waals surface area contributed by atoms with Crippen LogP contribution in [0, 0.1) is 20.8 Å². The fraction of sp³-hybridized carbons (Fsp3) is 0.368. The minimum atomic E-state index is 0.753. The van der Waals surface area contributed by atoms with E-state index in [4.69, 9.17) is 0 Å². The van der Waals surface area contributed by atoms with Gasteiger partial charge in [-0.25, -0.2) is 4.98 Å². The van der Waals surface area contributed by atoms with E-state index in [0.717, 1.165) is 36.2 Å². The second kappa shape index (κ2) is 7.70. The number of thiazole rings is 1. The van der Waals surface area contributed by atoms with Gasteiger partial charge in [0.05, 0.1) is 17.2 Å². The second-order valence-corrected chi connectivity index (χ2v) is 7.44. The number of hydrogen-bond acceptors (Lipinski definition) is 3. The van der Waals surface area contributed by atoms with Gasteiger partial charge in [-0.1, -0.05) is 18.2 Å². The van der Waals surface area contributed by atoms with Gasteiger partial charge in [0.15, 0.2) is 5.96 Å². The van der Waals surface area contributed by atoms with Crippen molar-refractivity contribution in [1.29, 1.82) is 0 Å². The predicted molar refractivity (Wildman–Crippen MR) is 107 cm³/mol. The van der Waals surface area contributed by atoms with Gasteiger partial charge in [0.2, 0.25) is 0 Å². The number of aryl methyl sites for hydroxylation is 3. The highest BCUT2D eigenvalue weighted by Gasteiger charge is 2.07. The molecule has 0 amide bonds. The highest BCUT2D eigenvalue weighted by molar-refractivity contribution is 7.11. The zero-order valence-electron chi connectivity index (χ0n) is 15.2. The number of H-pyrrole nitrogens is 1. The molecule has 0 bridgehead atoms. The van der Waals surface area contributed by atoms with E-state index >= 15 is 0 Å². The standard InChI is InChI=1S/C19H25N5S/c1-12-6-5-7-16-15(10-22-18(12)16)8-9-21-19(20-4)23-11-17-13(2)24-14(3)25-17/h5-7,10,22H,8-9,11H2,1-4H3,(H2,20,21,23). The molecule has 0 fully saturated rings. The van der Waals surface area contributed by atoms with Crippen molar-refractivity contribution >= 4 is 28.2 Å². The van der Waals surface area contributed by atoms with Crippen LogP contribution in [-0.2, 0) is 13.0 Å². The van der Waals surface area contributed by atoms with E-state index in [-0.39, 0.29) is 0 Å². The first-order chi connectivity index (χ1) is 12.1. The van der Waals surface area contributed by atoms with Crippen LogP contribution in [0.2, 0.25) is 0 Å². The maximum Gasteiger partial charge on any atom is 0.191 e. The lowest BCUT2D eigenvalue weighted by Crippen LogP contribution is -2.37. The summed E-state index contributed by atoms with van der Waals surface area (Å²) >= 11 is 1.73. The number of aliphatic imine (C=N–C) groups is 1. The molecule has 0 aliphatic heterocycles. The highest BCUT2D eigenvalue weighted by atomic mass is 32.1. The monoisotopic (exact) mass is 355 g/mol. The Morgan fingerprint density at radius 3 is 2.80 bits per heavy atom. The lowest BCUT2D eigenvalue weighted by atomic mass is 10.1. The summed E-state index contributed by atoms with van der Waals surface area (Å²) in [6.45, 7) is 7.81. The van der Waals surface area contributed by atoms with Gasteiger partial charge >= 0.3 is 0 Å². The summed E-state index contributed by atoms with van der Waals surface area (Å²) in [5.74, 6) is 0.821. The largest absolute Gasteiger partial charge is 0.361 e. The fourth-order valence-electron chi connectivity index (χ4n) is 3.01. The van der Waals surface area contributed by atoms with E-state index in [1.165, 1.54) is 26.9 Å². The molecular formula is C19H25N5S. The molecule has 6 heteroatoms. The number of fused-ring (bicyclic) bond motifs is 1. The van der Waals surface area contributed by atoms with Gasteiger partial charge in [0.1, 0.15) is 0 Å². The lowest BCUT2D eigenvalue weighted by Gasteiger charge is -2.11. The van der Waals surface area contributed by atoms with E-state index in [1.807, 2.05) is 6.92 Å². The Balaban J connectivity index is 1.54. The fourth-order valence-corrected chi connectivity index (χ4v) is 3.89. The molecule has 0 saturated carbocycles. The molecular weight excluding hydrogens is 330 g/mol. The summed E-state index contributed by atoms with van der Waals surface area (Å²) in [5, 5.41) is 9.17. The van der Waals surface area contributed by atoms with Gasteiger partial charge in [-0.2, -0.15) is 0 Å². The molecule has 3 aromatic rings. The smallest absolute Gasteiger partial charge is 0.191 e. The minimum absolute atomic E-state index is 0.753. The Bertz CT molecular complexity index is 890. The number of benzene rings is 1. The maximum atomic E-state index is 4.46. The second-order valence-electron chi connectivity index (χ2n) is 6.16. The van der Waals surface area contributed by atoms with Crippen LogP contribution in [0.5, 0.6) is 0 Å². The summed E-state index contributed by atoms with van der Waals surface area (Å²) in [6, 6.07) is 6.42. The van der Waals surface area contributed by atoms with E-state index in [2.05, 4.69) is 63.8 Å². The van der Waals surface area contributed by atoms with Crippen LogP contribution >= 0.6 is 11.3 Å². The van der Waals surface area contributed by atoms with Crippen molar-refractivity contribution in [3.8, 4) is 0 Å². The van der Waals surface area contributed by atoms with Gasteiger partial charge < -0.3 is 15.6 Å². The molecule has 2 aromatic heterocycles. The van der Waals surface area contributed by atoms with Crippen LogP contribution in [0.15, 0.2) is 29.4 Å². The number of para-hydroxylation sites is 1. The van der Waals surface area contributed by atoms with Crippen LogP contribution < -0.4 is 10.6 Å². The average molecular weight is 356 g/mol. The minimum Gasteiger partial charge on any atom is -0.361 e. The van der Waals surface area contributed by atoms with Crippen LogP contribution in [0.1, 0.15) is 26.7 Å². The van der Waals surface area contributed by atoms with E-state index < -0.39 is 0 Å². The average Bonchev–Trinajstić information content (AvgIpc) is 3.14. The van der Waals surface area contributed by atoms with Crippen LogP contribution in [-0.4, -0.2) is 29.5 Å². The highest BCUT2D eigenvalue weighted by Crippen LogP contribution is 2.21. The Kier molecular flexibility index (Phi) is 5.38. The molecule has 2 heterocycles. The van der Waals surface area contributed by atoms with Gasteiger partial charge in [-0.3, -0.25) is 4.99 Å². The van der Waals surface area contributed by atoms with Crippen molar-refractivity contribution in [3.05, 3.63) is 51.1 Å². The molecule has 132 valence electrons. The molecule has 25 heavy (non-hydrogen) atoms. The molecule has 0 radical (unpaired) electrons. The quantitative estimate of drug-likeness (QED) is 0.485. The molecule has 0 aliphatic carbocycles. The van der Waals surface area contributed by atoms with Crippen molar-refractivity contribution < 1.29 is 0 Å². The summed E-state index contributed by atoms with van der Waals surface area (Å²) < 4.78 is 0. The normalized spacial score (nSPS) is 11.9. The summed E-state index contributed by atoms with van der Waals surface area (Å²) in [5.41, 5.74) is 4.94. The Morgan fingerprint density at radius 1 is 1.24 bits per heavy atom. The maximum absolute atomic E-state index is 4.46. The molecule has 0 saturated heterocycles. The summed E-state index contributed by atoms with van der Waals surface area (Å²) in [4.78, 5) is 13.4. The summed E-state index contributed by atoms with van der Waals surface area (Å²) in [7, 11) is 1.80. The van der Waals surface area contributed by atoms with Gasteiger partial charge in [-0.05, 0) is 38.3 Å². The molecule has 5 nitrogen and oxygen atoms in total. The summed E-state index contributed by atoms with van der Waals surface area (Å²) in [6.07, 6.45) is 3.06. The molecule has 3 rings (SSSR count). The van der Waals surface area contributed by atoms with E-state index in [0.29, 0.717) is 0 Å². The van der Waals surface area contributed by atoms with Crippen molar-refractivity contribution in [2.45, 2.75) is 33.7 Å². The number of rotatable bonds is 5. The third kappa shape index (κ3) is 4.02. The van der Waals surface area contributed by atoms with Crippen molar-refractivity contribution in [2.75, 3.05) is 13.6 Å². The van der Waals surface area contributed by atoms with E-state index in [9.17, 15) is 0 Å². The third-order valence-corrected chi connectivity index (χ3v) is 5.41. The number of nitrogens with zero attached hydrogens (tertiary/aromatic N) is 2. The first-order valence-electron chi connectivity index (χ1n) is 8.51. The van der Waals surface area contributed by atoms with Crippen molar-refractivity contribution in [2.24, 2.45) is 4.99 Å². The predicted octanol–water partition coefficient (Wildman–Crippen LogP) is 3.46. The first kappa shape index (κ1) is 17.5. The molecule has 1 aromatic carbocycles. The van der Waals surface area contributed by atoms with Crippen LogP contribution in [0.3, 0.4) is 0 Å². The SMILES string of the molecule is CN=C(NCCc1c[nH]c2c(C)cccc12)NCc1sc(C)nc1C. The van der Waals surface area contributed by atoms with Gasteiger partial charge in [0.25, 0.3) is 0 Å². The van der Waals surface area contributed by atoms with Gasteiger partial charge in [0, 0.05) is 35.6 Å². The van der Waals surface area contributed by atoms with Crippen molar-refractivity contribution in [1.82, 2.24) is 20.6 Å². The zero-order chi connectivity index (χ0) is 17.8. The Labute approximate surface area is 152 Å². The number of guanidine groups is 1. The molecule has 0 aliphatic rings. The number of nitrogens with one attached hydrogen (secondary N) is 3. The number of aromatic nitrogens is 2. The van der Waals surface area contributed by atoms with Crippen molar-refractivity contribution in [3.63, 3.8) is 0 Å². The topological polar surface area (TPSA) is 65.1 Å². The number of aromatic amines is 1. The Hall–Kier alpha value is -2.34.